The third-order valence-electron chi connectivity index (χ3n) is 2.95. The lowest BCUT2D eigenvalue weighted by molar-refractivity contribution is -0.0123. The molecule has 2 atom stereocenters. The number of hydrogen-bond acceptors (Lipinski definition) is 2. The predicted octanol–water partition coefficient (Wildman–Crippen LogP) is 2.07. The number of amides is 1. The molecule has 0 aliphatic heterocycles. The van der Waals surface area contributed by atoms with Gasteiger partial charge in [0.05, 0.1) is 12.1 Å². The largest absolute Gasteiger partial charge is 0.465 e. The van der Waals surface area contributed by atoms with Crippen molar-refractivity contribution in [3.05, 3.63) is 0 Å². The van der Waals surface area contributed by atoms with Gasteiger partial charge in [0.2, 0.25) is 0 Å². The number of nitrogens with zero attached hydrogens (tertiary/aromatic N) is 1. The van der Waals surface area contributed by atoms with E-state index >= 15 is 0 Å². The van der Waals surface area contributed by atoms with Crippen molar-refractivity contribution in [1.29, 1.82) is 0 Å². The maximum absolute atomic E-state index is 11.2. The van der Waals surface area contributed by atoms with Crippen molar-refractivity contribution >= 4 is 6.09 Å². The summed E-state index contributed by atoms with van der Waals surface area (Å²) in [5.41, 5.74) is -0.450. The van der Waals surface area contributed by atoms with Crippen molar-refractivity contribution in [2.24, 2.45) is 0 Å². The Morgan fingerprint density at radius 3 is 2.20 bits per heavy atom. The number of aliphatic hydroxyl groups excluding tert-OH is 1. The monoisotopic (exact) mass is 215 g/mol. The third kappa shape index (κ3) is 2.84. The van der Waals surface area contributed by atoms with Crippen LogP contribution < -0.4 is 0 Å². The zero-order chi connectivity index (χ0) is 11.6. The zero-order valence-corrected chi connectivity index (χ0v) is 9.73. The number of carboxylic acid groups (broad SMARTS) is 1. The summed E-state index contributed by atoms with van der Waals surface area (Å²) < 4.78 is 0. The topological polar surface area (TPSA) is 60.8 Å². The number of carbonyl (C=O) groups is 1. The Balaban J connectivity index is 2.83. The van der Waals surface area contributed by atoms with Gasteiger partial charge in [0.25, 0.3) is 0 Å². The Morgan fingerprint density at radius 2 is 1.80 bits per heavy atom. The Labute approximate surface area is 90.9 Å². The molecule has 1 saturated carbocycles. The van der Waals surface area contributed by atoms with Crippen LogP contribution in [0.4, 0.5) is 4.79 Å². The van der Waals surface area contributed by atoms with Crippen molar-refractivity contribution in [2.45, 2.75) is 64.1 Å². The van der Waals surface area contributed by atoms with Crippen molar-refractivity contribution in [3.63, 3.8) is 0 Å². The summed E-state index contributed by atoms with van der Waals surface area (Å²) in [6.07, 6.45) is 2.04. The number of rotatable bonds is 1. The highest BCUT2D eigenvalue weighted by atomic mass is 16.4. The molecule has 1 aliphatic rings. The molecule has 1 rings (SSSR count). The van der Waals surface area contributed by atoms with E-state index in [2.05, 4.69) is 0 Å². The minimum atomic E-state index is -0.937. The van der Waals surface area contributed by atoms with Crippen molar-refractivity contribution < 1.29 is 15.0 Å². The second-order valence-electron chi connectivity index (χ2n) is 5.24. The van der Waals surface area contributed by atoms with Crippen LogP contribution in [-0.2, 0) is 0 Å². The average molecular weight is 215 g/mol. The highest BCUT2D eigenvalue weighted by molar-refractivity contribution is 5.66. The molecule has 0 saturated heterocycles. The highest BCUT2D eigenvalue weighted by Gasteiger charge is 2.38. The molecule has 0 spiro atoms. The smallest absolute Gasteiger partial charge is 0.408 e. The maximum atomic E-state index is 11.2. The van der Waals surface area contributed by atoms with E-state index in [-0.39, 0.29) is 6.04 Å². The predicted molar refractivity (Wildman–Crippen MR) is 57.9 cm³/mol. The van der Waals surface area contributed by atoms with Crippen LogP contribution in [-0.4, -0.2) is 38.9 Å². The molecule has 4 heteroatoms. The fourth-order valence-electron chi connectivity index (χ4n) is 2.32. The summed E-state index contributed by atoms with van der Waals surface area (Å²) in [6, 6.07) is -0.240. The van der Waals surface area contributed by atoms with Gasteiger partial charge in [0.15, 0.2) is 0 Å². The van der Waals surface area contributed by atoms with E-state index in [1.165, 1.54) is 4.90 Å². The van der Waals surface area contributed by atoms with E-state index in [9.17, 15) is 15.0 Å². The Bertz CT molecular complexity index is 234. The average Bonchev–Trinajstić information content (AvgIpc) is 2.05. The van der Waals surface area contributed by atoms with E-state index in [0.29, 0.717) is 6.42 Å². The van der Waals surface area contributed by atoms with Gasteiger partial charge >= 0.3 is 6.09 Å². The van der Waals surface area contributed by atoms with Gasteiger partial charge in [-0.15, -0.1) is 0 Å². The second kappa shape index (κ2) is 4.39. The molecule has 0 unspecified atom stereocenters. The molecule has 0 radical (unpaired) electrons. The van der Waals surface area contributed by atoms with Crippen LogP contribution in [0.3, 0.4) is 0 Å². The Morgan fingerprint density at radius 1 is 1.27 bits per heavy atom. The molecule has 0 bridgehead atoms. The first kappa shape index (κ1) is 12.3. The van der Waals surface area contributed by atoms with Gasteiger partial charge < -0.3 is 10.2 Å². The van der Waals surface area contributed by atoms with Gasteiger partial charge in [0, 0.05) is 5.54 Å². The van der Waals surface area contributed by atoms with E-state index in [1.807, 2.05) is 20.8 Å². The Kier molecular flexibility index (Phi) is 3.60. The van der Waals surface area contributed by atoms with Crippen LogP contribution in [0.5, 0.6) is 0 Å². The normalized spacial score (nSPS) is 27.5. The molecule has 0 aromatic carbocycles. The lowest BCUT2D eigenvalue weighted by Gasteiger charge is -2.43. The number of hydrogen-bond donors (Lipinski definition) is 2. The van der Waals surface area contributed by atoms with Crippen molar-refractivity contribution in [1.82, 2.24) is 4.90 Å². The van der Waals surface area contributed by atoms with Crippen molar-refractivity contribution in [3.8, 4) is 0 Å². The van der Waals surface area contributed by atoms with Gasteiger partial charge in [-0.25, -0.2) is 4.79 Å². The molecule has 0 heterocycles. The van der Waals surface area contributed by atoms with Crippen LogP contribution in [0, 0.1) is 0 Å². The summed E-state index contributed by atoms with van der Waals surface area (Å²) in [6.45, 7) is 5.59. The zero-order valence-electron chi connectivity index (χ0n) is 9.73. The molecule has 0 aromatic rings. The summed E-state index contributed by atoms with van der Waals surface area (Å²) in [4.78, 5) is 12.6. The molecular weight excluding hydrogens is 194 g/mol. The quantitative estimate of drug-likeness (QED) is 0.704. The first-order chi connectivity index (χ1) is 6.84. The SMILES string of the molecule is CC(C)(C)N(C(=O)O)[C@H]1CCCC[C@@H]1O. The first-order valence-corrected chi connectivity index (χ1v) is 5.54. The van der Waals surface area contributed by atoms with Crippen LogP contribution in [0.25, 0.3) is 0 Å². The lowest BCUT2D eigenvalue weighted by Crippen LogP contribution is -2.56. The fraction of sp³-hybridized carbons (Fsp3) is 0.909. The molecule has 0 aromatic heterocycles. The standard InChI is InChI=1S/C11H21NO3/c1-11(2,3)12(10(14)15)8-6-4-5-7-9(8)13/h8-9,13H,4-7H2,1-3H3,(H,14,15)/t8-,9-/m0/s1. The van der Waals surface area contributed by atoms with E-state index in [4.69, 9.17) is 0 Å². The van der Waals surface area contributed by atoms with Crippen molar-refractivity contribution in [2.75, 3.05) is 0 Å². The molecule has 15 heavy (non-hydrogen) atoms. The summed E-state index contributed by atoms with van der Waals surface area (Å²) in [5.74, 6) is 0. The molecule has 2 N–H and O–H groups in total. The number of aliphatic hydroxyl groups is 1. The van der Waals surface area contributed by atoms with Crippen LogP contribution in [0.15, 0.2) is 0 Å². The summed E-state index contributed by atoms with van der Waals surface area (Å²) >= 11 is 0. The molecule has 4 nitrogen and oxygen atoms in total. The van der Waals surface area contributed by atoms with Gasteiger partial charge in [-0.1, -0.05) is 12.8 Å². The van der Waals surface area contributed by atoms with E-state index in [0.717, 1.165) is 19.3 Å². The summed E-state index contributed by atoms with van der Waals surface area (Å²) in [5, 5.41) is 19.0. The fourth-order valence-corrected chi connectivity index (χ4v) is 2.32. The van der Waals surface area contributed by atoms with Gasteiger partial charge in [-0.2, -0.15) is 0 Å². The molecule has 1 amide bonds. The van der Waals surface area contributed by atoms with E-state index in [1.54, 1.807) is 0 Å². The lowest BCUT2D eigenvalue weighted by atomic mass is 9.89. The minimum Gasteiger partial charge on any atom is -0.465 e. The Hall–Kier alpha value is -0.770. The molecule has 1 fully saturated rings. The van der Waals surface area contributed by atoms with Gasteiger partial charge in [-0.3, -0.25) is 4.90 Å². The molecular formula is C11H21NO3. The molecule has 88 valence electrons. The highest BCUT2D eigenvalue weighted by Crippen LogP contribution is 2.28. The third-order valence-corrected chi connectivity index (χ3v) is 2.95. The van der Waals surface area contributed by atoms with E-state index < -0.39 is 17.7 Å². The van der Waals surface area contributed by atoms with Crippen LogP contribution in [0.1, 0.15) is 46.5 Å². The molecule has 1 aliphatic carbocycles. The van der Waals surface area contributed by atoms with Gasteiger partial charge in [0.1, 0.15) is 0 Å². The van der Waals surface area contributed by atoms with Crippen LogP contribution in [0.2, 0.25) is 0 Å². The maximum Gasteiger partial charge on any atom is 0.408 e. The summed E-state index contributed by atoms with van der Waals surface area (Å²) in [7, 11) is 0. The minimum absolute atomic E-state index is 0.240. The first-order valence-electron chi connectivity index (χ1n) is 5.54. The second-order valence-corrected chi connectivity index (χ2v) is 5.24. The van der Waals surface area contributed by atoms with Gasteiger partial charge in [-0.05, 0) is 33.6 Å². The van der Waals surface area contributed by atoms with Crippen LogP contribution >= 0.6 is 0 Å².